The number of nitrogen functional groups attached to an aromatic ring is 1. The van der Waals surface area contributed by atoms with Crippen LogP contribution < -0.4 is 11.1 Å². The predicted octanol–water partition coefficient (Wildman–Crippen LogP) is 1.13. The highest BCUT2D eigenvalue weighted by Crippen LogP contribution is 2.22. The van der Waals surface area contributed by atoms with E-state index in [1.54, 1.807) is 12.1 Å². The lowest BCUT2D eigenvalue weighted by atomic mass is 10.1. The summed E-state index contributed by atoms with van der Waals surface area (Å²) in [6, 6.07) is 4.60. The van der Waals surface area contributed by atoms with Gasteiger partial charge in [0.15, 0.2) is 0 Å². The third kappa shape index (κ3) is 4.85. The van der Waals surface area contributed by atoms with Crippen molar-refractivity contribution in [2.24, 2.45) is 0 Å². The van der Waals surface area contributed by atoms with Crippen molar-refractivity contribution < 1.29 is 9.72 Å². The van der Waals surface area contributed by atoms with E-state index in [1.807, 2.05) is 18.9 Å². The first-order valence-electron chi connectivity index (χ1n) is 6.42. The molecule has 3 N–H and O–H groups in total. The maximum Gasteiger partial charge on any atom is 0.292 e. The maximum absolute atomic E-state index is 11.5. The van der Waals surface area contributed by atoms with Crippen LogP contribution in [0.3, 0.4) is 0 Å². The number of amides is 1. The highest BCUT2D eigenvalue weighted by molar-refractivity contribution is 5.77. The standard InChI is InChI=1S/C13H20N4O3/c1-3-6-15-13(18)9-16(2)8-10-4-5-12(17(19)20)11(14)7-10/h4-5,7H,3,6,8-9,14H2,1-2H3,(H,15,18). The molecular weight excluding hydrogens is 260 g/mol. The number of benzene rings is 1. The molecule has 0 aromatic heterocycles. The summed E-state index contributed by atoms with van der Waals surface area (Å²) in [5, 5.41) is 13.5. The number of hydrogen-bond donors (Lipinski definition) is 2. The molecule has 20 heavy (non-hydrogen) atoms. The van der Waals surface area contributed by atoms with Crippen molar-refractivity contribution in [1.82, 2.24) is 10.2 Å². The number of rotatable bonds is 7. The Kier molecular flexibility index (Phi) is 5.92. The molecule has 0 radical (unpaired) electrons. The van der Waals surface area contributed by atoms with Crippen molar-refractivity contribution in [3.05, 3.63) is 33.9 Å². The fourth-order valence-corrected chi connectivity index (χ4v) is 1.80. The fraction of sp³-hybridized carbons (Fsp3) is 0.462. The highest BCUT2D eigenvalue weighted by atomic mass is 16.6. The molecule has 1 amide bonds. The van der Waals surface area contributed by atoms with Gasteiger partial charge in [-0.25, -0.2) is 0 Å². The number of nitrogens with one attached hydrogen (secondary N) is 1. The van der Waals surface area contributed by atoms with Gasteiger partial charge in [0.05, 0.1) is 11.5 Å². The van der Waals surface area contributed by atoms with Crippen LogP contribution in [0.2, 0.25) is 0 Å². The lowest BCUT2D eigenvalue weighted by molar-refractivity contribution is -0.383. The summed E-state index contributed by atoms with van der Waals surface area (Å²) >= 11 is 0. The van der Waals surface area contributed by atoms with Crippen LogP contribution in [-0.2, 0) is 11.3 Å². The normalized spacial score (nSPS) is 10.6. The van der Waals surface area contributed by atoms with Crippen molar-refractivity contribution in [3.8, 4) is 0 Å². The van der Waals surface area contributed by atoms with E-state index < -0.39 is 4.92 Å². The predicted molar refractivity (Wildman–Crippen MR) is 77.1 cm³/mol. The third-order valence-corrected chi connectivity index (χ3v) is 2.73. The van der Waals surface area contributed by atoms with E-state index in [2.05, 4.69) is 5.32 Å². The first-order valence-corrected chi connectivity index (χ1v) is 6.42. The molecule has 1 aromatic carbocycles. The van der Waals surface area contributed by atoms with E-state index in [0.29, 0.717) is 13.1 Å². The molecule has 0 aliphatic rings. The van der Waals surface area contributed by atoms with E-state index in [1.165, 1.54) is 6.07 Å². The number of nitrogens with two attached hydrogens (primary N) is 1. The number of nitro benzene ring substituents is 1. The van der Waals surface area contributed by atoms with Crippen molar-refractivity contribution in [3.63, 3.8) is 0 Å². The largest absolute Gasteiger partial charge is 0.393 e. The number of nitrogens with zero attached hydrogens (tertiary/aromatic N) is 2. The molecule has 0 bridgehead atoms. The second-order valence-electron chi connectivity index (χ2n) is 4.67. The number of carbonyl (C=O) groups excluding carboxylic acids is 1. The third-order valence-electron chi connectivity index (χ3n) is 2.73. The Hall–Kier alpha value is -2.15. The van der Waals surface area contributed by atoms with Gasteiger partial charge in [0.25, 0.3) is 5.69 Å². The minimum Gasteiger partial charge on any atom is -0.393 e. The summed E-state index contributed by atoms with van der Waals surface area (Å²) in [6.07, 6.45) is 0.897. The molecule has 110 valence electrons. The first kappa shape index (κ1) is 15.9. The van der Waals surface area contributed by atoms with Gasteiger partial charge >= 0.3 is 0 Å². The van der Waals surface area contributed by atoms with Gasteiger partial charge in [-0.15, -0.1) is 0 Å². The summed E-state index contributed by atoms with van der Waals surface area (Å²) in [5.74, 6) is -0.0377. The van der Waals surface area contributed by atoms with Crippen LogP contribution in [0.25, 0.3) is 0 Å². The molecule has 0 saturated heterocycles. The molecule has 0 saturated carbocycles. The van der Waals surface area contributed by atoms with Crippen LogP contribution in [0.5, 0.6) is 0 Å². The van der Waals surface area contributed by atoms with Gasteiger partial charge in [0.2, 0.25) is 5.91 Å². The molecule has 1 aromatic rings. The van der Waals surface area contributed by atoms with E-state index in [-0.39, 0.29) is 23.8 Å². The Balaban J connectivity index is 2.58. The Labute approximate surface area is 117 Å². The summed E-state index contributed by atoms with van der Waals surface area (Å²) in [5.41, 5.74) is 6.49. The van der Waals surface area contributed by atoms with Crippen molar-refractivity contribution in [2.75, 3.05) is 25.9 Å². The second kappa shape index (κ2) is 7.44. The summed E-state index contributed by atoms with van der Waals surface area (Å²) < 4.78 is 0. The molecule has 0 spiro atoms. The molecule has 0 aliphatic heterocycles. The highest BCUT2D eigenvalue weighted by Gasteiger charge is 2.12. The van der Waals surface area contributed by atoms with Crippen molar-refractivity contribution >= 4 is 17.3 Å². The number of likely N-dealkylation sites (N-methyl/N-ethyl adjacent to an activating group) is 1. The quantitative estimate of drug-likeness (QED) is 0.443. The lowest BCUT2D eigenvalue weighted by Gasteiger charge is -2.16. The van der Waals surface area contributed by atoms with Crippen LogP contribution in [0.1, 0.15) is 18.9 Å². The van der Waals surface area contributed by atoms with Gasteiger partial charge in [-0.2, -0.15) is 0 Å². The van der Waals surface area contributed by atoms with Crippen molar-refractivity contribution in [1.29, 1.82) is 0 Å². The van der Waals surface area contributed by atoms with Crippen LogP contribution in [0.4, 0.5) is 11.4 Å². The van der Waals surface area contributed by atoms with Gasteiger partial charge < -0.3 is 11.1 Å². The molecule has 7 heteroatoms. The molecule has 0 unspecified atom stereocenters. The molecule has 0 aliphatic carbocycles. The maximum atomic E-state index is 11.5. The van der Waals surface area contributed by atoms with E-state index in [4.69, 9.17) is 5.73 Å². The average Bonchev–Trinajstić information content (AvgIpc) is 2.35. The first-order chi connectivity index (χ1) is 9.43. The number of hydrogen-bond acceptors (Lipinski definition) is 5. The fourth-order valence-electron chi connectivity index (χ4n) is 1.80. The topological polar surface area (TPSA) is 102 Å². The Morgan fingerprint density at radius 3 is 2.75 bits per heavy atom. The zero-order valence-corrected chi connectivity index (χ0v) is 11.8. The van der Waals surface area contributed by atoms with Crippen LogP contribution >= 0.6 is 0 Å². The number of anilines is 1. The summed E-state index contributed by atoms with van der Waals surface area (Å²) in [6.45, 7) is 3.43. The van der Waals surface area contributed by atoms with Gasteiger partial charge in [-0.1, -0.05) is 13.0 Å². The van der Waals surface area contributed by atoms with Crippen molar-refractivity contribution in [2.45, 2.75) is 19.9 Å². The van der Waals surface area contributed by atoms with Crippen LogP contribution in [0, 0.1) is 10.1 Å². The zero-order valence-electron chi connectivity index (χ0n) is 11.8. The summed E-state index contributed by atoms with van der Waals surface area (Å²) in [7, 11) is 1.81. The molecule has 1 rings (SSSR count). The SMILES string of the molecule is CCCNC(=O)CN(C)Cc1ccc([N+](=O)[O-])c(N)c1. The minimum atomic E-state index is -0.513. The Morgan fingerprint density at radius 2 is 2.20 bits per heavy atom. The molecular formula is C13H20N4O3. The lowest BCUT2D eigenvalue weighted by Crippen LogP contribution is -2.35. The molecule has 7 nitrogen and oxygen atoms in total. The van der Waals surface area contributed by atoms with Gasteiger partial charge in [-0.3, -0.25) is 19.8 Å². The monoisotopic (exact) mass is 280 g/mol. The van der Waals surface area contributed by atoms with E-state index >= 15 is 0 Å². The smallest absolute Gasteiger partial charge is 0.292 e. The average molecular weight is 280 g/mol. The van der Waals surface area contributed by atoms with Gasteiger partial charge in [-0.05, 0) is 25.1 Å². The zero-order chi connectivity index (χ0) is 15.1. The minimum absolute atomic E-state index is 0.0377. The van der Waals surface area contributed by atoms with Crippen LogP contribution in [0.15, 0.2) is 18.2 Å². The Morgan fingerprint density at radius 1 is 1.50 bits per heavy atom. The summed E-state index contributed by atoms with van der Waals surface area (Å²) in [4.78, 5) is 23.5. The van der Waals surface area contributed by atoms with E-state index in [9.17, 15) is 14.9 Å². The second-order valence-corrected chi connectivity index (χ2v) is 4.67. The number of nitro groups is 1. The molecule has 0 heterocycles. The van der Waals surface area contributed by atoms with Crippen LogP contribution in [-0.4, -0.2) is 35.9 Å². The van der Waals surface area contributed by atoms with Gasteiger partial charge in [0, 0.05) is 19.2 Å². The Bertz CT molecular complexity index is 491. The molecule has 0 fully saturated rings. The molecule has 0 atom stereocenters. The van der Waals surface area contributed by atoms with E-state index in [0.717, 1.165) is 12.0 Å². The number of carbonyl (C=O) groups is 1. The van der Waals surface area contributed by atoms with Gasteiger partial charge in [0.1, 0.15) is 5.69 Å².